The van der Waals surface area contributed by atoms with Crippen LogP contribution >= 0.6 is 11.6 Å². The van der Waals surface area contributed by atoms with E-state index in [1.165, 1.54) is 18.2 Å². The normalized spacial score (nSPS) is 11.7. The van der Waals surface area contributed by atoms with Crippen molar-refractivity contribution in [3.05, 3.63) is 58.9 Å². The molecule has 7 heteroatoms. The lowest BCUT2D eigenvalue weighted by molar-refractivity contribution is -0.883. The molecule has 0 aliphatic rings. The molecule has 2 rings (SSSR count). The van der Waals surface area contributed by atoms with Crippen LogP contribution in [0.2, 0.25) is 5.02 Å². The Bertz CT molecular complexity index is 814. The fourth-order valence-corrected chi connectivity index (χ4v) is 2.91. The number of halogens is 2. The lowest BCUT2D eigenvalue weighted by Gasteiger charge is -2.18. The van der Waals surface area contributed by atoms with Gasteiger partial charge in [0.2, 0.25) is 0 Å². The maximum atomic E-state index is 13.8. The Morgan fingerprint density at radius 1 is 1.04 bits per heavy atom. The molecule has 0 saturated heterocycles. The molecule has 1 atom stereocenters. The summed E-state index contributed by atoms with van der Waals surface area (Å²) in [5.74, 6) is -1.10. The first-order valence-electron chi connectivity index (χ1n) is 8.83. The molecule has 2 aromatic carbocycles. The number of amides is 2. The fourth-order valence-electron chi connectivity index (χ4n) is 2.74. The molecule has 0 bridgehead atoms. The van der Waals surface area contributed by atoms with Gasteiger partial charge in [0.1, 0.15) is 5.82 Å². The van der Waals surface area contributed by atoms with Crippen LogP contribution in [0.3, 0.4) is 0 Å². The third-order valence-corrected chi connectivity index (χ3v) is 4.28. The Balaban J connectivity index is 1.95. The second kappa shape index (κ2) is 10.0. The van der Waals surface area contributed by atoms with Crippen molar-refractivity contribution in [3.8, 4) is 0 Å². The number of benzene rings is 2. The van der Waals surface area contributed by atoms with E-state index >= 15 is 0 Å². The smallest absolute Gasteiger partial charge is 0.279 e. The van der Waals surface area contributed by atoms with Crippen molar-refractivity contribution in [2.45, 2.75) is 20.3 Å². The molecule has 0 aliphatic carbocycles. The van der Waals surface area contributed by atoms with Crippen LogP contribution in [-0.2, 0) is 9.59 Å². The summed E-state index contributed by atoms with van der Waals surface area (Å²) in [6.07, 6.45) is 0.811. The van der Waals surface area contributed by atoms with Crippen LogP contribution in [0.15, 0.2) is 42.5 Å². The highest BCUT2D eigenvalue weighted by molar-refractivity contribution is 6.30. The second-order valence-corrected chi connectivity index (χ2v) is 6.83. The molecule has 1 unspecified atom stereocenters. The molecule has 144 valence electrons. The molecule has 3 N–H and O–H groups in total. The largest absolute Gasteiger partial charge is 0.321 e. The second-order valence-electron chi connectivity index (χ2n) is 6.39. The van der Waals surface area contributed by atoms with E-state index in [4.69, 9.17) is 11.6 Å². The molecule has 0 aliphatic heterocycles. The summed E-state index contributed by atoms with van der Waals surface area (Å²) in [5, 5.41) is 5.73. The average molecular weight is 393 g/mol. The van der Waals surface area contributed by atoms with Gasteiger partial charge < -0.3 is 15.5 Å². The van der Waals surface area contributed by atoms with E-state index < -0.39 is 5.82 Å². The molecule has 0 heterocycles. The van der Waals surface area contributed by atoms with Crippen LogP contribution in [0.4, 0.5) is 15.8 Å². The van der Waals surface area contributed by atoms with Gasteiger partial charge in [-0.1, -0.05) is 36.7 Å². The molecule has 0 saturated carbocycles. The predicted molar refractivity (Wildman–Crippen MR) is 106 cm³/mol. The molecular weight excluding hydrogens is 369 g/mol. The van der Waals surface area contributed by atoms with Crippen LogP contribution in [0, 0.1) is 12.7 Å². The Labute approximate surface area is 163 Å². The van der Waals surface area contributed by atoms with Crippen molar-refractivity contribution in [1.82, 2.24) is 0 Å². The maximum Gasteiger partial charge on any atom is 0.279 e. The predicted octanol–water partition coefficient (Wildman–Crippen LogP) is 2.66. The van der Waals surface area contributed by atoms with E-state index in [2.05, 4.69) is 10.6 Å². The lowest BCUT2D eigenvalue weighted by Crippen LogP contribution is -3.14. The average Bonchev–Trinajstić information content (AvgIpc) is 2.60. The van der Waals surface area contributed by atoms with E-state index in [-0.39, 0.29) is 30.6 Å². The summed E-state index contributed by atoms with van der Waals surface area (Å²) in [7, 11) is 0. The molecule has 0 aromatic heterocycles. The minimum Gasteiger partial charge on any atom is -0.321 e. The van der Waals surface area contributed by atoms with Crippen LogP contribution in [0.1, 0.15) is 18.9 Å². The lowest BCUT2D eigenvalue weighted by atomic mass is 10.2. The Morgan fingerprint density at radius 3 is 2.30 bits per heavy atom. The van der Waals surface area contributed by atoms with Gasteiger partial charge in [-0.2, -0.15) is 0 Å². The van der Waals surface area contributed by atoms with E-state index in [9.17, 15) is 14.0 Å². The molecule has 27 heavy (non-hydrogen) atoms. The topological polar surface area (TPSA) is 62.6 Å². The van der Waals surface area contributed by atoms with Gasteiger partial charge in [0, 0.05) is 10.7 Å². The van der Waals surface area contributed by atoms with Crippen LogP contribution in [0.25, 0.3) is 0 Å². The van der Waals surface area contributed by atoms with Crippen LogP contribution < -0.4 is 15.5 Å². The molecule has 5 nitrogen and oxygen atoms in total. The van der Waals surface area contributed by atoms with Gasteiger partial charge in [-0.05, 0) is 43.2 Å². The third-order valence-electron chi connectivity index (χ3n) is 4.05. The van der Waals surface area contributed by atoms with Crippen molar-refractivity contribution < 1.29 is 18.9 Å². The van der Waals surface area contributed by atoms with E-state index in [1.807, 2.05) is 38.1 Å². The van der Waals surface area contributed by atoms with Crippen molar-refractivity contribution in [2.75, 3.05) is 30.3 Å². The van der Waals surface area contributed by atoms with Crippen molar-refractivity contribution in [3.63, 3.8) is 0 Å². The first-order valence-corrected chi connectivity index (χ1v) is 9.20. The number of hydrogen-bond acceptors (Lipinski definition) is 2. The maximum absolute atomic E-state index is 13.8. The summed E-state index contributed by atoms with van der Waals surface area (Å²) in [4.78, 5) is 25.4. The molecule has 2 amide bonds. The summed E-state index contributed by atoms with van der Waals surface area (Å²) in [6.45, 7) is 4.74. The van der Waals surface area contributed by atoms with Gasteiger partial charge >= 0.3 is 0 Å². The highest BCUT2D eigenvalue weighted by atomic mass is 35.5. The number of quaternary nitrogens is 1. The van der Waals surface area contributed by atoms with Crippen molar-refractivity contribution in [1.29, 1.82) is 0 Å². The molecule has 0 spiro atoms. The monoisotopic (exact) mass is 392 g/mol. The van der Waals surface area contributed by atoms with Crippen LogP contribution in [0.5, 0.6) is 0 Å². The summed E-state index contributed by atoms with van der Waals surface area (Å²) in [5.41, 5.74) is 1.76. The van der Waals surface area contributed by atoms with E-state index in [0.717, 1.165) is 22.6 Å². The first-order chi connectivity index (χ1) is 12.9. The van der Waals surface area contributed by atoms with Crippen LogP contribution in [-0.4, -0.2) is 31.4 Å². The standard InChI is InChI=1S/C20H23ClFN3O2/c1-3-10-25(12-19(26)23-17-7-5-4-6-14(17)2)13-20(27)24-18-11-15(21)8-9-16(18)22/h4-9,11H,3,10,12-13H2,1-2H3,(H,23,26)(H,24,27)/p+1. The highest BCUT2D eigenvalue weighted by Gasteiger charge is 2.19. The number of rotatable bonds is 8. The Kier molecular flexibility index (Phi) is 7.76. The van der Waals surface area contributed by atoms with Gasteiger partial charge in [0.25, 0.3) is 11.8 Å². The summed E-state index contributed by atoms with van der Waals surface area (Å²) >= 11 is 5.84. The Morgan fingerprint density at radius 2 is 1.67 bits per heavy atom. The number of aryl methyl sites for hydroxylation is 1. The van der Waals surface area contributed by atoms with Crippen molar-refractivity contribution in [2.24, 2.45) is 0 Å². The SMILES string of the molecule is CCC[NH+](CC(=O)Nc1ccccc1C)CC(=O)Nc1cc(Cl)ccc1F. The highest BCUT2D eigenvalue weighted by Crippen LogP contribution is 2.19. The van der Waals surface area contributed by atoms with Crippen molar-refractivity contribution >= 4 is 34.8 Å². The van der Waals surface area contributed by atoms with E-state index in [1.54, 1.807) is 0 Å². The zero-order valence-electron chi connectivity index (χ0n) is 15.4. The molecule has 0 radical (unpaired) electrons. The van der Waals surface area contributed by atoms with Gasteiger partial charge in [-0.25, -0.2) is 4.39 Å². The summed E-state index contributed by atoms with van der Waals surface area (Å²) < 4.78 is 13.8. The minimum absolute atomic E-state index is 0.0349. The van der Waals surface area contributed by atoms with Gasteiger partial charge in [0.05, 0.1) is 12.2 Å². The number of carbonyl (C=O) groups is 2. The number of hydrogen-bond donors (Lipinski definition) is 3. The third kappa shape index (κ3) is 6.66. The number of nitrogens with one attached hydrogen (secondary N) is 3. The number of carbonyl (C=O) groups excluding carboxylic acids is 2. The molecular formula is C20H24ClFN3O2+. The Hall–Kier alpha value is -2.44. The fraction of sp³-hybridized carbons (Fsp3) is 0.300. The number of anilines is 2. The molecule has 2 aromatic rings. The molecule has 0 fully saturated rings. The van der Waals surface area contributed by atoms with Gasteiger partial charge in [-0.15, -0.1) is 0 Å². The number of para-hydroxylation sites is 1. The zero-order valence-corrected chi connectivity index (χ0v) is 16.2. The van der Waals surface area contributed by atoms with Gasteiger partial charge in [0.15, 0.2) is 13.1 Å². The quantitative estimate of drug-likeness (QED) is 0.646. The van der Waals surface area contributed by atoms with E-state index in [0.29, 0.717) is 11.6 Å². The minimum atomic E-state index is -0.554. The van der Waals surface area contributed by atoms with Gasteiger partial charge in [-0.3, -0.25) is 9.59 Å². The zero-order chi connectivity index (χ0) is 19.8. The summed E-state index contributed by atoms with van der Waals surface area (Å²) in [6, 6.07) is 11.5. The first kappa shape index (κ1) is 20.9.